The van der Waals surface area contributed by atoms with Gasteiger partial charge in [0.1, 0.15) is 12.0 Å². The molecule has 2 aliphatic heterocycles. The molecule has 44 heavy (non-hydrogen) atoms. The van der Waals surface area contributed by atoms with Crippen molar-refractivity contribution in [3.63, 3.8) is 0 Å². The first-order valence-corrected chi connectivity index (χ1v) is 19.0. The first kappa shape index (κ1) is 34.5. The summed E-state index contributed by atoms with van der Waals surface area (Å²) in [6.07, 6.45) is 10.5. The minimum absolute atomic E-state index is 0.202. The second kappa shape index (κ2) is 16.3. The van der Waals surface area contributed by atoms with E-state index in [1.54, 1.807) is 55.6 Å². The van der Waals surface area contributed by atoms with E-state index >= 15 is 0 Å². The van der Waals surface area contributed by atoms with Crippen LogP contribution >= 0.6 is 0 Å². The zero-order chi connectivity index (χ0) is 31.7. The van der Waals surface area contributed by atoms with Gasteiger partial charge in [0.25, 0.3) is 0 Å². The van der Waals surface area contributed by atoms with Gasteiger partial charge >= 0.3 is 0 Å². The number of likely N-dealkylation sites (tertiary alicyclic amines) is 2. The summed E-state index contributed by atoms with van der Waals surface area (Å²) in [5, 5.41) is 9.96. The summed E-state index contributed by atoms with van der Waals surface area (Å²) in [6, 6.07) is 12.4. The molecule has 1 N–H and O–H groups in total. The third-order valence-electron chi connectivity index (χ3n) is 8.91. The highest BCUT2D eigenvalue weighted by atomic mass is 32.2. The molecule has 2 aromatic carbocycles. The summed E-state index contributed by atoms with van der Waals surface area (Å²) < 4.78 is 46.7. The molecule has 0 radical (unpaired) electrons. The highest BCUT2D eigenvalue weighted by Crippen LogP contribution is 2.38. The number of hydrogen-bond donors (Lipinski definition) is 1. The molecule has 242 valence electrons. The highest BCUT2D eigenvalue weighted by molar-refractivity contribution is 7.95. The molecule has 10 heteroatoms. The predicted molar refractivity (Wildman–Crippen MR) is 180 cm³/mol. The fraction of sp³-hybridized carbons (Fsp3) is 0.559. The second-order valence-corrected chi connectivity index (χ2v) is 15.4. The van der Waals surface area contributed by atoms with Gasteiger partial charge in [-0.2, -0.15) is 0 Å². The van der Waals surface area contributed by atoms with Gasteiger partial charge < -0.3 is 24.2 Å². The lowest BCUT2D eigenvalue weighted by Gasteiger charge is -2.42. The number of ether oxygens (including phenoxy) is 1. The molecule has 0 amide bonds. The first-order valence-electron chi connectivity index (χ1n) is 16.0. The molecular formula is C34H49N3O5S2. The molecule has 1 atom stereocenters. The average molecular weight is 644 g/mol. The average Bonchev–Trinajstić information content (AvgIpc) is 3.03. The number of rotatable bonds is 14. The van der Waals surface area contributed by atoms with Crippen LogP contribution in [0.25, 0.3) is 5.70 Å². The second-order valence-electron chi connectivity index (χ2n) is 11.9. The number of hydrogen-bond acceptors (Lipinski definition) is 8. The zero-order valence-corrected chi connectivity index (χ0v) is 28.2. The van der Waals surface area contributed by atoms with Crippen molar-refractivity contribution in [1.29, 1.82) is 0 Å². The Hall–Kier alpha value is -2.37. The maximum atomic E-state index is 14.2. The van der Waals surface area contributed by atoms with Gasteiger partial charge in [-0.1, -0.05) is 32.6 Å². The number of aliphatic hydroxyl groups is 1. The van der Waals surface area contributed by atoms with Crippen LogP contribution in [0.2, 0.25) is 0 Å². The lowest BCUT2D eigenvalue weighted by Crippen LogP contribution is -2.48. The number of aliphatic hydroxyl groups excluding tert-OH is 1. The molecule has 0 bridgehead atoms. The van der Waals surface area contributed by atoms with Gasteiger partial charge in [-0.05, 0) is 93.3 Å². The molecular weight excluding hydrogens is 595 g/mol. The molecule has 2 fully saturated rings. The number of unbranched alkanes of at least 4 members (excludes halogenated alkanes) is 4. The Morgan fingerprint density at radius 2 is 1.68 bits per heavy atom. The van der Waals surface area contributed by atoms with Crippen LogP contribution in [0.4, 0.5) is 5.69 Å². The van der Waals surface area contributed by atoms with Crippen molar-refractivity contribution < 1.29 is 22.8 Å². The molecule has 0 aromatic heterocycles. The fourth-order valence-corrected chi connectivity index (χ4v) is 8.11. The monoisotopic (exact) mass is 643 g/mol. The Bertz CT molecular complexity index is 1360. The maximum absolute atomic E-state index is 14.2. The normalized spacial score (nSPS) is 18.6. The summed E-state index contributed by atoms with van der Waals surface area (Å²) in [7, 11) is -3.88. The Morgan fingerprint density at radius 1 is 1.02 bits per heavy atom. The molecule has 0 saturated carbocycles. The van der Waals surface area contributed by atoms with Crippen molar-refractivity contribution in [2.24, 2.45) is 4.99 Å². The van der Waals surface area contributed by atoms with Crippen molar-refractivity contribution in [3.8, 4) is 5.75 Å². The largest absolute Gasteiger partial charge is 0.612 e. The third kappa shape index (κ3) is 8.66. The number of allylic oxidation sites excluding steroid dienone is 1. The van der Waals surface area contributed by atoms with E-state index in [-0.39, 0.29) is 15.9 Å². The van der Waals surface area contributed by atoms with Gasteiger partial charge in [-0.15, -0.1) is 0 Å². The lowest BCUT2D eigenvalue weighted by molar-refractivity contribution is 0.0450. The summed E-state index contributed by atoms with van der Waals surface area (Å²) in [6.45, 7) is 11.3. The minimum atomic E-state index is -3.88. The Labute approximate surface area is 267 Å². The Morgan fingerprint density at radius 3 is 2.30 bits per heavy atom. The summed E-state index contributed by atoms with van der Waals surface area (Å²) in [5.41, 5.74) is 1.76. The van der Waals surface area contributed by atoms with Crippen LogP contribution in [0.15, 0.2) is 62.2 Å². The van der Waals surface area contributed by atoms with E-state index in [1.807, 2.05) is 0 Å². The van der Waals surface area contributed by atoms with Crippen LogP contribution in [-0.2, 0) is 21.0 Å². The Kier molecular flexibility index (Phi) is 12.8. The van der Waals surface area contributed by atoms with Crippen molar-refractivity contribution in [1.82, 2.24) is 9.80 Å². The quantitative estimate of drug-likeness (QED) is 0.149. The molecule has 2 aromatic rings. The first-order chi connectivity index (χ1) is 21.1. The van der Waals surface area contributed by atoms with E-state index in [9.17, 15) is 18.1 Å². The van der Waals surface area contributed by atoms with Crippen LogP contribution in [0.1, 0.15) is 77.2 Å². The van der Waals surface area contributed by atoms with Gasteiger partial charge in [-0.3, -0.25) is 4.99 Å². The van der Waals surface area contributed by atoms with E-state index < -0.39 is 21.0 Å². The number of nitrogens with zero attached hydrogens (tertiary/aromatic N) is 3. The summed E-state index contributed by atoms with van der Waals surface area (Å²) in [4.78, 5) is 9.87. The van der Waals surface area contributed by atoms with E-state index in [0.29, 0.717) is 53.3 Å². The molecule has 0 spiro atoms. The van der Waals surface area contributed by atoms with Gasteiger partial charge in [0.15, 0.2) is 4.90 Å². The molecule has 2 saturated heterocycles. The topological polar surface area (TPSA) is 106 Å². The smallest absolute Gasteiger partial charge is 0.204 e. The van der Waals surface area contributed by atoms with Crippen molar-refractivity contribution in [2.75, 3.05) is 39.0 Å². The molecule has 8 nitrogen and oxygen atoms in total. The molecule has 2 heterocycles. The standard InChI is InChI=1S/C34H49N3O5S2/c1-5-6-7-8-9-24-42-29-10-13-31(14-11-29)44(40,41)26(2)34(32-25-30(43(4)39)12-15-33(32)35-3)37-20-16-27(17-21-37)36-22-18-28(38)19-23-36/h10-15,25,27-28,38H,3,5-9,16-24H2,1-2,4H3/b34-26-. The maximum Gasteiger partial charge on any atom is 0.204 e. The van der Waals surface area contributed by atoms with Crippen LogP contribution < -0.4 is 4.74 Å². The van der Waals surface area contributed by atoms with Crippen LogP contribution in [0, 0.1) is 0 Å². The summed E-state index contributed by atoms with van der Waals surface area (Å²) >= 11 is -1.26. The SMILES string of the molecule is C=Nc1ccc([S+](C)[O-])cc1/C(=C(\C)S(=O)(=O)c1ccc(OCCCCCCC)cc1)N1CCC(N2CCC(O)CC2)CC1. The van der Waals surface area contributed by atoms with Crippen LogP contribution in [-0.4, -0.2) is 85.8 Å². The lowest BCUT2D eigenvalue weighted by atomic mass is 9.97. The number of piperidine rings is 2. The van der Waals surface area contributed by atoms with E-state index in [0.717, 1.165) is 51.6 Å². The fourth-order valence-electron chi connectivity index (χ4n) is 6.22. The molecule has 0 aliphatic carbocycles. The third-order valence-corrected chi connectivity index (χ3v) is 11.7. The summed E-state index contributed by atoms with van der Waals surface area (Å²) in [5.74, 6) is 0.657. The van der Waals surface area contributed by atoms with Crippen LogP contribution in [0.5, 0.6) is 5.75 Å². The Balaban J connectivity index is 1.62. The number of sulfone groups is 1. The number of benzene rings is 2. The van der Waals surface area contributed by atoms with E-state index in [4.69, 9.17) is 4.74 Å². The van der Waals surface area contributed by atoms with Crippen molar-refractivity contribution >= 4 is 39.1 Å². The van der Waals surface area contributed by atoms with Crippen molar-refractivity contribution in [2.45, 2.75) is 93.6 Å². The predicted octanol–water partition coefficient (Wildman–Crippen LogP) is 6.19. The molecule has 2 aliphatic rings. The van der Waals surface area contributed by atoms with E-state index in [1.165, 1.54) is 19.3 Å². The molecule has 1 unspecified atom stereocenters. The molecule has 4 rings (SSSR count). The minimum Gasteiger partial charge on any atom is -0.612 e. The van der Waals surface area contributed by atoms with Gasteiger partial charge in [0.2, 0.25) is 9.84 Å². The highest BCUT2D eigenvalue weighted by Gasteiger charge is 2.32. The van der Waals surface area contributed by atoms with Gasteiger partial charge in [0.05, 0.1) is 33.9 Å². The number of aliphatic imine (C=N–C) groups is 1. The van der Waals surface area contributed by atoms with Crippen molar-refractivity contribution in [3.05, 3.63) is 52.9 Å². The zero-order valence-electron chi connectivity index (χ0n) is 26.5. The van der Waals surface area contributed by atoms with Gasteiger partial charge in [0, 0.05) is 43.9 Å². The van der Waals surface area contributed by atoms with Gasteiger partial charge in [-0.25, -0.2) is 8.42 Å². The van der Waals surface area contributed by atoms with Crippen LogP contribution in [0.3, 0.4) is 0 Å². The van der Waals surface area contributed by atoms with E-state index in [2.05, 4.69) is 28.4 Å².